The van der Waals surface area contributed by atoms with Gasteiger partial charge in [-0.1, -0.05) is 5.92 Å². The zero-order valence-electron chi connectivity index (χ0n) is 12.7. The largest absolute Gasteiger partial charge is 0.394 e. The third-order valence-electron chi connectivity index (χ3n) is 3.27. The van der Waals surface area contributed by atoms with Crippen molar-refractivity contribution in [3.63, 3.8) is 0 Å². The van der Waals surface area contributed by atoms with Crippen LogP contribution in [0.1, 0.15) is 6.23 Å². The number of nitrogens with one attached hydrogen (secondary N) is 1. The number of aromatic amines is 1. The maximum absolute atomic E-state index is 12.0. The van der Waals surface area contributed by atoms with E-state index in [9.17, 15) is 24.2 Å². The van der Waals surface area contributed by atoms with Gasteiger partial charge in [0.25, 0.3) is 5.56 Å². The van der Waals surface area contributed by atoms with E-state index in [1.54, 1.807) is 0 Å². The van der Waals surface area contributed by atoms with Gasteiger partial charge in [-0.05, 0) is 0 Å². The van der Waals surface area contributed by atoms with Crippen LogP contribution in [0.25, 0.3) is 0 Å². The highest BCUT2D eigenvalue weighted by Gasteiger charge is 2.49. The maximum Gasteiger partial charge on any atom is 0.330 e. The van der Waals surface area contributed by atoms with Gasteiger partial charge in [0.1, 0.15) is 24.9 Å². The Morgan fingerprint density at radius 2 is 2.21 bits per heavy atom. The Hall–Kier alpha value is -1.73. The Balaban J connectivity index is 2.42. The Kier molecular flexibility index (Phi) is 5.77. The standard InChI is InChI=1S/C13H17N2O8P/c1-3-6-21-11-10(23-24(2,19)20)8(7-16)22-12(11)15-5-4-9(17)14-13(15)18/h1,4-5,8,10-12,16H,6-7H2,2H3,(H,19,20)(H,14,17,18). The molecule has 132 valence electrons. The van der Waals surface area contributed by atoms with Crippen LogP contribution in [0.3, 0.4) is 0 Å². The summed E-state index contributed by atoms with van der Waals surface area (Å²) in [6, 6.07) is 1.10. The number of H-pyrrole nitrogens is 1. The van der Waals surface area contributed by atoms with E-state index in [1.807, 2.05) is 0 Å². The van der Waals surface area contributed by atoms with E-state index in [0.717, 1.165) is 17.3 Å². The Morgan fingerprint density at radius 3 is 2.75 bits per heavy atom. The number of nitrogens with zero attached hydrogens (tertiary/aromatic N) is 1. The number of aliphatic hydroxyl groups is 1. The fourth-order valence-electron chi connectivity index (χ4n) is 2.38. The van der Waals surface area contributed by atoms with Crippen molar-refractivity contribution in [3.8, 4) is 12.3 Å². The van der Waals surface area contributed by atoms with Crippen LogP contribution in [0.2, 0.25) is 0 Å². The molecule has 1 fully saturated rings. The molecule has 0 aliphatic carbocycles. The van der Waals surface area contributed by atoms with Gasteiger partial charge in [0.05, 0.1) is 6.61 Å². The molecule has 1 aliphatic rings. The van der Waals surface area contributed by atoms with Gasteiger partial charge in [-0.25, -0.2) is 4.79 Å². The van der Waals surface area contributed by atoms with E-state index < -0.39 is 50.0 Å². The smallest absolute Gasteiger partial charge is 0.330 e. The molecule has 1 aliphatic heterocycles. The predicted octanol–water partition coefficient (Wildman–Crippen LogP) is -1.35. The first kappa shape index (κ1) is 18.6. The summed E-state index contributed by atoms with van der Waals surface area (Å²) >= 11 is 0. The van der Waals surface area contributed by atoms with Crippen molar-refractivity contribution in [1.82, 2.24) is 9.55 Å². The van der Waals surface area contributed by atoms with E-state index in [2.05, 4.69) is 10.9 Å². The summed E-state index contributed by atoms with van der Waals surface area (Å²) in [6.45, 7) is 0.244. The molecule has 0 radical (unpaired) electrons. The zero-order chi connectivity index (χ0) is 17.9. The first-order valence-corrected chi connectivity index (χ1v) is 8.91. The summed E-state index contributed by atoms with van der Waals surface area (Å²) in [6.07, 6.45) is 1.99. The minimum Gasteiger partial charge on any atom is -0.394 e. The van der Waals surface area contributed by atoms with Gasteiger partial charge in [0.2, 0.25) is 0 Å². The number of terminal acetylenes is 1. The van der Waals surface area contributed by atoms with Crippen molar-refractivity contribution in [3.05, 3.63) is 33.1 Å². The molecule has 5 unspecified atom stereocenters. The molecule has 24 heavy (non-hydrogen) atoms. The van der Waals surface area contributed by atoms with E-state index in [1.165, 1.54) is 6.20 Å². The number of rotatable bonds is 6. The summed E-state index contributed by atoms with van der Waals surface area (Å²) in [7, 11) is -3.94. The topological polar surface area (TPSA) is 140 Å². The first-order chi connectivity index (χ1) is 11.3. The second kappa shape index (κ2) is 7.44. The van der Waals surface area contributed by atoms with E-state index in [4.69, 9.17) is 20.4 Å². The molecule has 10 nitrogen and oxygen atoms in total. The highest BCUT2D eigenvalue weighted by Crippen LogP contribution is 2.44. The summed E-state index contributed by atoms with van der Waals surface area (Å²) in [5.41, 5.74) is -1.38. The fraction of sp³-hybridized carbons (Fsp3) is 0.538. The van der Waals surface area contributed by atoms with Crippen LogP contribution in [0.5, 0.6) is 0 Å². The van der Waals surface area contributed by atoms with Crippen LogP contribution < -0.4 is 11.2 Å². The van der Waals surface area contributed by atoms with Gasteiger partial charge in [0, 0.05) is 18.9 Å². The molecule has 1 saturated heterocycles. The minimum atomic E-state index is -3.94. The predicted molar refractivity (Wildman–Crippen MR) is 81.5 cm³/mol. The monoisotopic (exact) mass is 360 g/mol. The number of aliphatic hydroxyl groups excluding tert-OH is 1. The van der Waals surface area contributed by atoms with Crippen molar-refractivity contribution in [1.29, 1.82) is 0 Å². The first-order valence-electron chi connectivity index (χ1n) is 6.88. The lowest BCUT2D eigenvalue weighted by atomic mass is 10.1. The zero-order valence-corrected chi connectivity index (χ0v) is 13.6. The average molecular weight is 360 g/mol. The third kappa shape index (κ3) is 4.21. The molecule has 0 bridgehead atoms. The van der Waals surface area contributed by atoms with Crippen LogP contribution in [-0.2, 0) is 18.6 Å². The molecule has 5 atom stereocenters. The number of hydrogen-bond donors (Lipinski definition) is 3. The van der Waals surface area contributed by atoms with Crippen molar-refractivity contribution in [2.45, 2.75) is 24.5 Å². The Morgan fingerprint density at radius 1 is 1.50 bits per heavy atom. The van der Waals surface area contributed by atoms with Crippen molar-refractivity contribution in [2.24, 2.45) is 0 Å². The summed E-state index contributed by atoms with van der Waals surface area (Å²) < 4.78 is 28.6. The lowest BCUT2D eigenvalue weighted by Crippen LogP contribution is -2.40. The molecule has 1 aromatic heterocycles. The van der Waals surface area contributed by atoms with Crippen molar-refractivity contribution < 1.29 is 28.6 Å². The molecule has 2 rings (SSSR count). The van der Waals surface area contributed by atoms with Crippen molar-refractivity contribution >= 4 is 7.60 Å². The Bertz CT molecular complexity index is 775. The lowest BCUT2D eigenvalue weighted by Gasteiger charge is -2.24. The van der Waals surface area contributed by atoms with Gasteiger partial charge >= 0.3 is 13.3 Å². The highest BCUT2D eigenvalue weighted by molar-refractivity contribution is 7.51. The summed E-state index contributed by atoms with van der Waals surface area (Å²) in [5, 5.41) is 9.44. The molecule has 1 aromatic rings. The van der Waals surface area contributed by atoms with Crippen LogP contribution >= 0.6 is 7.60 Å². The van der Waals surface area contributed by atoms with Gasteiger partial charge in [-0.2, -0.15) is 0 Å². The summed E-state index contributed by atoms with van der Waals surface area (Å²) in [5.74, 6) is 2.23. The van der Waals surface area contributed by atoms with Gasteiger partial charge in [0.15, 0.2) is 6.23 Å². The molecule has 2 heterocycles. The molecule has 3 N–H and O–H groups in total. The third-order valence-corrected chi connectivity index (χ3v) is 3.90. The average Bonchev–Trinajstić information content (AvgIpc) is 2.81. The van der Waals surface area contributed by atoms with Crippen LogP contribution in [0.15, 0.2) is 21.9 Å². The number of hydrogen-bond acceptors (Lipinski definition) is 7. The molecule has 0 amide bonds. The van der Waals surface area contributed by atoms with E-state index >= 15 is 0 Å². The number of ether oxygens (including phenoxy) is 2. The molecule has 0 saturated carbocycles. The van der Waals surface area contributed by atoms with Gasteiger partial charge in [-0.3, -0.25) is 23.4 Å². The molecule has 0 spiro atoms. The lowest BCUT2D eigenvalue weighted by molar-refractivity contribution is -0.0676. The van der Waals surface area contributed by atoms with E-state index in [-0.39, 0.29) is 6.61 Å². The van der Waals surface area contributed by atoms with E-state index in [0.29, 0.717) is 0 Å². The highest BCUT2D eigenvalue weighted by atomic mass is 31.2. The molecular weight excluding hydrogens is 343 g/mol. The summed E-state index contributed by atoms with van der Waals surface area (Å²) in [4.78, 5) is 34.7. The van der Waals surface area contributed by atoms with Gasteiger partial charge < -0.3 is 19.5 Å². The number of aromatic nitrogens is 2. The van der Waals surface area contributed by atoms with Gasteiger partial charge in [-0.15, -0.1) is 6.42 Å². The Labute approximate surface area is 136 Å². The molecule has 0 aromatic carbocycles. The fourth-order valence-corrected chi connectivity index (χ4v) is 3.09. The molecular formula is C13H17N2O8P. The van der Waals surface area contributed by atoms with Crippen LogP contribution in [0.4, 0.5) is 0 Å². The van der Waals surface area contributed by atoms with Crippen LogP contribution in [-0.4, -0.2) is 57.7 Å². The molecule has 11 heteroatoms. The second-order valence-electron chi connectivity index (χ2n) is 5.12. The van der Waals surface area contributed by atoms with Crippen LogP contribution in [0, 0.1) is 12.3 Å². The second-order valence-corrected chi connectivity index (χ2v) is 6.93. The minimum absolute atomic E-state index is 0.180. The quantitative estimate of drug-likeness (QED) is 0.418. The SMILES string of the molecule is C#CCOC1C(OP(C)(=O)O)C(CO)OC1n1ccc(=O)[nH]c1=O. The normalized spacial score (nSPS) is 29.1. The maximum atomic E-state index is 12.0. The van der Waals surface area contributed by atoms with Crippen molar-refractivity contribution in [2.75, 3.05) is 19.9 Å².